The highest BCUT2D eigenvalue weighted by Crippen LogP contribution is 2.45. The zero-order valence-electron chi connectivity index (χ0n) is 63.2. The highest BCUT2D eigenvalue weighted by molar-refractivity contribution is 7.47. The lowest BCUT2D eigenvalue weighted by Gasteiger charge is -2.21. The second-order valence-electron chi connectivity index (χ2n) is 28.3. The summed E-state index contributed by atoms with van der Waals surface area (Å²) in [6.07, 6.45) is 60.9. The molecule has 97 heavy (non-hydrogen) atoms. The van der Waals surface area contributed by atoms with Crippen LogP contribution in [0.5, 0.6) is 0 Å². The van der Waals surface area contributed by atoms with Crippen LogP contribution in [-0.2, 0) is 65.4 Å². The van der Waals surface area contributed by atoms with Gasteiger partial charge in [0.1, 0.15) is 19.3 Å². The van der Waals surface area contributed by atoms with E-state index in [1.807, 2.05) is 0 Å². The van der Waals surface area contributed by atoms with Gasteiger partial charge in [-0.2, -0.15) is 0 Å². The van der Waals surface area contributed by atoms with Crippen molar-refractivity contribution in [1.82, 2.24) is 0 Å². The Morgan fingerprint density at radius 3 is 0.732 bits per heavy atom. The topological polar surface area (TPSA) is 237 Å². The zero-order chi connectivity index (χ0) is 71.2. The Morgan fingerprint density at radius 2 is 0.495 bits per heavy atom. The summed E-state index contributed by atoms with van der Waals surface area (Å²) in [5.41, 5.74) is 0. The van der Waals surface area contributed by atoms with Gasteiger partial charge in [0.15, 0.2) is 12.2 Å². The van der Waals surface area contributed by atoms with Crippen molar-refractivity contribution in [3.8, 4) is 0 Å². The minimum Gasteiger partial charge on any atom is -0.462 e. The molecular formula is C78H152O17P2. The molecule has 0 aliphatic heterocycles. The van der Waals surface area contributed by atoms with E-state index in [-0.39, 0.29) is 25.7 Å². The van der Waals surface area contributed by atoms with Gasteiger partial charge in [-0.05, 0) is 31.6 Å². The van der Waals surface area contributed by atoms with E-state index in [1.165, 1.54) is 238 Å². The monoisotopic (exact) mass is 1420 g/mol. The third-order valence-corrected chi connectivity index (χ3v) is 20.5. The van der Waals surface area contributed by atoms with Gasteiger partial charge in [0.05, 0.1) is 26.4 Å². The van der Waals surface area contributed by atoms with Crippen molar-refractivity contribution in [2.45, 2.75) is 432 Å². The van der Waals surface area contributed by atoms with Crippen molar-refractivity contribution in [1.29, 1.82) is 0 Å². The molecule has 0 aromatic carbocycles. The van der Waals surface area contributed by atoms with Gasteiger partial charge in [0.2, 0.25) is 0 Å². The summed E-state index contributed by atoms with van der Waals surface area (Å²) in [5, 5.41) is 10.6. The van der Waals surface area contributed by atoms with Crippen LogP contribution in [-0.4, -0.2) is 96.7 Å². The van der Waals surface area contributed by atoms with E-state index >= 15 is 0 Å². The molecular weight excluding hydrogens is 1270 g/mol. The maximum Gasteiger partial charge on any atom is 0.472 e. The maximum absolute atomic E-state index is 13.1. The zero-order valence-corrected chi connectivity index (χ0v) is 65.0. The van der Waals surface area contributed by atoms with Crippen LogP contribution in [0.4, 0.5) is 0 Å². The van der Waals surface area contributed by atoms with Crippen molar-refractivity contribution in [3.05, 3.63) is 0 Å². The van der Waals surface area contributed by atoms with E-state index < -0.39 is 97.5 Å². The Kier molecular flexibility index (Phi) is 69.6. The fraction of sp³-hybridized carbons (Fsp3) is 0.949. The van der Waals surface area contributed by atoms with Gasteiger partial charge in [0.25, 0.3) is 0 Å². The van der Waals surface area contributed by atoms with Crippen molar-refractivity contribution < 1.29 is 80.2 Å². The van der Waals surface area contributed by atoms with Crippen molar-refractivity contribution in [2.75, 3.05) is 39.6 Å². The number of unbranched alkanes of at least 4 members (excludes halogenated alkanes) is 49. The van der Waals surface area contributed by atoms with Crippen LogP contribution in [0.3, 0.4) is 0 Å². The normalized spacial score (nSPS) is 14.2. The van der Waals surface area contributed by atoms with Gasteiger partial charge in [-0.3, -0.25) is 37.3 Å². The largest absolute Gasteiger partial charge is 0.472 e. The smallest absolute Gasteiger partial charge is 0.462 e. The van der Waals surface area contributed by atoms with Crippen molar-refractivity contribution in [3.63, 3.8) is 0 Å². The molecule has 0 aromatic heterocycles. The molecule has 6 atom stereocenters. The number of aliphatic hydroxyl groups excluding tert-OH is 1. The molecule has 3 unspecified atom stereocenters. The molecule has 0 fully saturated rings. The third-order valence-electron chi connectivity index (χ3n) is 18.6. The van der Waals surface area contributed by atoms with Crippen LogP contribution < -0.4 is 0 Å². The quantitative estimate of drug-likeness (QED) is 0.0222. The standard InChI is InChI=1S/C78H152O17P2/c1-6-10-13-16-19-22-25-27-29-31-32-34-36-39-42-48-53-58-63-77(82)94-73(67-89-76(81)62-57-52-47-41-38-35-33-30-28-26-23-20-17-14-11-7-2)69-92-96(84,85)90-65-72(79)66-91-97(86,87)93-70-74(68-88-75(80)61-56-51-46-40-37-24-21-18-15-12-8-3)95-78(83)64-59-54-49-44-43-45-50-55-60-71(5)9-4/h71-74,79H,6-70H2,1-5H3,(H,84,85)(H,86,87)/t71?,72-,73-,74-/m1/s1. The molecule has 19 heteroatoms. The van der Waals surface area contributed by atoms with E-state index in [1.54, 1.807) is 0 Å². The lowest BCUT2D eigenvalue weighted by Crippen LogP contribution is -2.30. The number of carbonyl (C=O) groups excluding carboxylic acids is 4. The summed E-state index contributed by atoms with van der Waals surface area (Å²) in [6, 6.07) is 0. The van der Waals surface area contributed by atoms with Crippen LogP contribution in [0.15, 0.2) is 0 Å². The molecule has 576 valence electrons. The number of esters is 4. The fourth-order valence-corrected chi connectivity index (χ4v) is 13.6. The molecule has 0 saturated carbocycles. The Bertz CT molecular complexity index is 1860. The summed E-state index contributed by atoms with van der Waals surface area (Å²) in [5.74, 6) is -1.34. The number of ether oxygens (including phenoxy) is 4. The first-order valence-corrected chi connectivity index (χ1v) is 43.7. The first-order valence-electron chi connectivity index (χ1n) is 40.7. The van der Waals surface area contributed by atoms with Crippen molar-refractivity contribution >= 4 is 39.5 Å². The van der Waals surface area contributed by atoms with E-state index in [9.17, 15) is 43.2 Å². The molecule has 0 spiro atoms. The van der Waals surface area contributed by atoms with Gasteiger partial charge in [-0.15, -0.1) is 0 Å². The number of aliphatic hydroxyl groups is 1. The predicted molar refractivity (Wildman–Crippen MR) is 395 cm³/mol. The van der Waals surface area contributed by atoms with E-state index in [0.717, 1.165) is 95.8 Å². The average Bonchev–Trinajstić information content (AvgIpc) is 2.20. The summed E-state index contributed by atoms with van der Waals surface area (Å²) >= 11 is 0. The minimum atomic E-state index is -4.96. The SMILES string of the molecule is CCCCCCCCCCCCCCCCCCCCC(=O)O[C@H](COC(=O)CCCCCCCCCCCCCCCCCC)COP(=O)(O)OC[C@@H](O)COP(=O)(O)OC[C@@H](COC(=O)CCCCCCCCCCCCC)OC(=O)CCCCCCCCCCC(C)CC. The molecule has 0 amide bonds. The number of rotatable bonds is 78. The molecule has 0 bridgehead atoms. The number of hydrogen-bond acceptors (Lipinski definition) is 15. The fourth-order valence-electron chi connectivity index (χ4n) is 12.0. The van der Waals surface area contributed by atoms with Crippen LogP contribution in [0.2, 0.25) is 0 Å². The first-order chi connectivity index (χ1) is 47.1. The molecule has 0 aliphatic carbocycles. The highest BCUT2D eigenvalue weighted by Gasteiger charge is 2.30. The van der Waals surface area contributed by atoms with Crippen LogP contribution in [0.1, 0.15) is 413 Å². The minimum absolute atomic E-state index is 0.106. The molecule has 3 N–H and O–H groups in total. The molecule has 0 aromatic rings. The molecule has 0 heterocycles. The second-order valence-corrected chi connectivity index (χ2v) is 31.3. The summed E-state index contributed by atoms with van der Waals surface area (Å²) in [7, 11) is -9.91. The predicted octanol–water partition coefficient (Wildman–Crippen LogP) is 23.3. The molecule has 0 aliphatic rings. The number of phosphoric ester groups is 2. The Morgan fingerprint density at radius 1 is 0.289 bits per heavy atom. The van der Waals surface area contributed by atoms with Crippen LogP contribution >= 0.6 is 15.6 Å². The maximum atomic E-state index is 13.1. The second kappa shape index (κ2) is 71.1. The third kappa shape index (κ3) is 70.9. The van der Waals surface area contributed by atoms with Crippen LogP contribution in [0, 0.1) is 5.92 Å². The van der Waals surface area contributed by atoms with E-state index in [2.05, 4.69) is 34.6 Å². The van der Waals surface area contributed by atoms with Gasteiger partial charge >= 0.3 is 39.5 Å². The van der Waals surface area contributed by atoms with E-state index in [0.29, 0.717) is 25.7 Å². The molecule has 0 saturated heterocycles. The van der Waals surface area contributed by atoms with Gasteiger partial charge in [-0.1, -0.05) is 362 Å². The molecule has 17 nitrogen and oxygen atoms in total. The Hall–Kier alpha value is -1.94. The highest BCUT2D eigenvalue weighted by atomic mass is 31.2. The summed E-state index contributed by atoms with van der Waals surface area (Å²) < 4.78 is 68.6. The van der Waals surface area contributed by atoms with Crippen molar-refractivity contribution in [2.24, 2.45) is 5.92 Å². The molecule has 0 radical (unpaired) electrons. The van der Waals surface area contributed by atoms with Gasteiger partial charge in [-0.25, -0.2) is 9.13 Å². The van der Waals surface area contributed by atoms with Crippen LogP contribution in [0.25, 0.3) is 0 Å². The molecule has 0 rings (SSSR count). The lowest BCUT2D eigenvalue weighted by molar-refractivity contribution is -0.161. The van der Waals surface area contributed by atoms with Gasteiger partial charge < -0.3 is 33.8 Å². The Balaban J connectivity index is 5.24. The summed E-state index contributed by atoms with van der Waals surface area (Å²) in [4.78, 5) is 72.9. The van der Waals surface area contributed by atoms with Gasteiger partial charge in [0, 0.05) is 25.7 Å². The lowest BCUT2D eigenvalue weighted by atomic mass is 9.99. The Labute approximate surface area is 594 Å². The summed E-state index contributed by atoms with van der Waals surface area (Å²) in [6.45, 7) is 7.31. The number of hydrogen-bond donors (Lipinski definition) is 3. The van der Waals surface area contributed by atoms with E-state index in [4.69, 9.17) is 37.0 Å². The number of phosphoric acid groups is 2. The number of carbonyl (C=O) groups is 4. The average molecular weight is 1420 g/mol. The first kappa shape index (κ1) is 95.1.